The molecule has 0 bridgehead atoms. The molecule has 17 heavy (non-hydrogen) atoms. The second kappa shape index (κ2) is 3.51. The summed E-state index contributed by atoms with van der Waals surface area (Å²) in [5, 5.41) is 2.84. The Balaban J connectivity index is 2.02. The summed E-state index contributed by atoms with van der Waals surface area (Å²) in [5.41, 5.74) is 0.792. The van der Waals surface area contributed by atoms with Gasteiger partial charge in [0.15, 0.2) is 11.4 Å². The van der Waals surface area contributed by atoms with Crippen LogP contribution in [-0.2, 0) is 19.1 Å². The highest BCUT2D eigenvalue weighted by Crippen LogP contribution is 2.30. The molecular formula is C10H8FNO4S. The largest absolute Gasteiger partial charge is 0.388 e. The maximum Gasteiger partial charge on any atom is 0.280 e. The number of benzene rings is 1. The molecule has 0 radical (unpaired) electrons. The Morgan fingerprint density at radius 1 is 1.29 bits per heavy atom. The number of rotatable bonds is 1. The van der Waals surface area contributed by atoms with E-state index < -0.39 is 27.3 Å². The molecule has 1 fully saturated rings. The Labute approximate surface area is 97.0 Å². The van der Waals surface area contributed by atoms with Gasteiger partial charge in [-0.05, 0) is 12.1 Å². The molecule has 0 saturated carbocycles. The summed E-state index contributed by atoms with van der Waals surface area (Å²) in [4.78, 5) is 5.00. The van der Waals surface area contributed by atoms with Crippen molar-refractivity contribution in [3.63, 3.8) is 0 Å². The average molecular weight is 257 g/mol. The van der Waals surface area contributed by atoms with Crippen LogP contribution in [0.2, 0.25) is 0 Å². The van der Waals surface area contributed by atoms with Gasteiger partial charge >= 0.3 is 0 Å². The van der Waals surface area contributed by atoms with Crippen molar-refractivity contribution in [1.82, 2.24) is 0 Å². The lowest BCUT2D eigenvalue weighted by Crippen LogP contribution is -2.31. The molecule has 2 aliphatic rings. The SMILES string of the molecule is O=S1(=O)OC[C@H]2ON=C(c3ccc(F)cc3)[C@H]21. The maximum absolute atomic E-state index is 12.8. The highest BCUT2D eigenvalue weighted by molar-refractivity contribution is 7.88. The van der Waals surface area contributed by atoms with Crippen molar-refractivity contribution in [2.24, 2.45) is 5.16 Å². The van der Waals surface area contributed by atoms with Crippen LogP contribution in [0, 0.1) is 5.82 Å². The summed E-state index contributed by atoms with van der Waals surface area (Å²) in [6, 6.07) is 5.42. The Kier molecular flexibility index (Phi) is 2.20. The number of oxime groups is 1. The normalized spacial score (nSPS) is 29.6. The Morgan fingerprint density at radius 3 is 2.71 bits per heavy atom. The topological polar surface area (TPSA) is 65.0 Å². The molecular weight excluding hydrogens is 249 g/mol. The highest BCUT2D eigenvalue weighted by atomic mass is 32.2. The number of hydrogen-bond acceptors (Lipinski definition) is 5. The van der Waals surface area contributed by atoms with Crippen LogP contribution in [-0.4, -0.2) is 32.1 Å². The van der Waals surface area contributed by atoms with E-state index in [1.807, 2.05) is 0 Å². The van der Waals surface area contributed by atoms with Crippen molar-refractivity contribution in [2.45, 2.75) is 11.4 Å². The molecule has 0 spiro atoms. The van der Waals surface area contributed by atoms with Crippen LogP contribution in [0.5, 0.6) is 0 Å². The van der Waals surface area contributed by atoms with Gasteiger partial charge in [-0.1, -0.05) is 17.3 Å². The fraction of sp³-hybridized carbons (Fsp3) is 0.300. The predicted molar refractivity (Wildman–Crippen MR) is 56.5 cm³/mol. The van der Waals surface area contributed by atoms with Gasteiger partial charge in [0.2, 0.25) is 0 Å². The quantitative estimate of drug-likeness (QED) is 0.693. The van der Waals surface area contributed by atoms with Gasteiger partial charge in [-0.25, -0.2) is 4.39 Å². The van der Waals surface area contributed by atoms with Crippen molar-refractivity contribution in [3.05, 3.63) is 35.6 Å². The van der Waals surface area contributed by atoms with E-state index in [2.05, 4.69) is 9.34 Å². The maximum atomic E-state index is 12.8. The van der Waals surface area contributed by atoms with Gasteiger partial charge in [-0.3, -0.25) is 4.18 Å². The van der Waals surface area contributed by atoms with E-state index in [0.717, 1.165) is 0 Å². The third kappa shape index (κ3) is 1.62. The lowest BCUT2D eigenvalue weighted by Gasteiger charge is -2.06. The molecule has 0 aromatic heterocycles. The molecule has 0 unspecified atom stereocenters. The van der Waals surface area contributed by atoms with Crippen molar-refractivity contribution in [2.75, 3.05) is 6.61 Å². The van der Waals surface area contributed by atoms with Gasteiger partial charge < -0.3 is 4.84 Å². The van der Waals surface area contributed by atoms with E-state index >= 15 is 0 Å². The first kappa shape index (κ1) is 10.7. The minimum Gasteiger partial charge on any atom is -0.388 e. The molecule has 2 aliphatic heterocycles. The number of hydrogen-bond donors (Lipinski definition) is 0. The molecule has 0 amide bonds. The summed E-state index contributed by atoms with van der Waals surface area (Å²) < 4.78 is 40.7. The fourth-order valence-corrected chi connectivity index (χ4v) is 3.34. The fourth-order valence-electron chi connectivity index (χ4n) is 1.92. The van der Waals surface area contributed by atoms with Gasteiger partial charge in [-0.15, -0.1) is 0 Å². The van der Waals surface area contributed by atoms with E-state index in [4.69, 9.17) is 4.84 Å². The Morgan fingerprint density at radius 2 is 2.00 bits per heavy atom. The van der Waals surface area contributed by atoms with E-state index in [9.17, 15) is 12.8 Å². The van der Waals surface area contributed by atoms with Gasteiger partial charge in [0.1, 0.15) is 18.1 Å². The smallest absolute Gasteiger partial charge is 0.280 e. The van der Waals surface area contributed by atoms with Crippen molar-refractivity contribution in [3.8, 4) is 0 Å². The second-order valence-electron chi connectivity index (χ2n) is 3.83. The molecule has 2 atom stereocenters. The number of fused-ring (bicyclic) bond motifs is 1. The van der Waals surface area contributed by atoms with Crippen molar-refractivity contribution < 1.29 is 21.8 Å². The lowest BCUT2D eigenvalue weighted by molar-refractivity contribution is 0.0683. The first-order valence-corrected chi connectivity index (χ1v) is 6.43. The van der Waals surface area contributed by atoms with Crippen LogP contribution in [0.15, 0.2) is 29.4 Å². The van der Waals surface area contributed by atoms with Gasteiger partial charge in [0.25, 0.3) is 10.1 Å². The van der Waals surface area contributed by atoms with Crippen molar-refractivity contribution >= 4 is 15.8 Å². The first-order chi connectivity index (χ1) is 8.08. The van der Waals surface area contributed by atoms with E-state index in [1.165, 1.54) is 24.3 Å². The minimum atomic E-state index is -3.68. The molecule has 2 heterocycles. The highest BCUT2D eigenvalue weighted by Gasteiger charge is 2.51. The molecule has 90 valence electrons. The first-order valence-electron chi connectivity index (χ1n) is 4.96. The monoisotopic (exact) mass is 257 g/mol. The van der Waals surface area contributed by atoms with Gasteiger partial charge in [0.05, 0.1) is 0 Å². The van der Waals surface area contributed by atoms with Gasteiger partial charge in [0, 0.05) is 5.56 Å². The zero-order valence-electron chi connectivity index (χ0n) is 8.54. The summed E-state index contributed by atoms with van der Waals surface area (Å²) in [6.07, 6.45) is -0.597. The van der Waals surface area contributed by atoms with E-state index in [0.29, 0.717) is 5.56 Å². The molecule has 3 rings (SSSR count). The Hall–Kier alpha value is -1.47. The Bertz CT molecular complexity index is 581. The minimum absolute atomic E-state index is 0.0266. The zero-order chi connectivity index (χ0) is 12.0. The summed E-state index contributed by atoms with van der Waals surface area (Å²) in [7, 11) is -3.68. The van der Waals surface area contributed by atoms with E-state index in [-0.39, 0.29) is 12.3 Å². The summed E-state index contributed by atoms with van der Waals surface area (Å²) >= 11 is 0. The second-order valence-corrected chi connectivity index (χ2v) is 5.55. The number of halogens is 1. The van der Waals surface area contributed by atoms with Crippen LogP contribution in [0.25, 0.3) is 0 Å². The lowest BCUT2D eigenvalue weighted by atomic mass is 10.0. The molecule has 0 N–H and O–H groups in total. The molecule has 7 heteroatoms. The zero-order valence-corrected chi connectivity index (χ0v) is 9.35. The standard InChI is InChI=1S/C10H8FNO4S/c11-7-3-1-6(2-4-7)9-10-8(16-12-9)5-15-17(10,13)14/h1-4,8,10H,5H2/t8-,10+/m1/s1. The van der Waals surface area contributed by atoms with E-state index in [1.54, 1.807) is 0 Å². The molecule has 5 nitrogen and oxygen atoms in total. The predicted octanol–water partition coefficient (Wildman–Crippen LogP) is 0.657. The summed E-state index contributed by atoms with van der Waals surface area (Å²) in [6.45, 7) is -0.0266. The number of nitrogens with zero attached hydrogens (tertiary/aromatic N) is 1. The van der Waals surface area contributed by atoms with Crippen LogP contribution in [0.3, 0.4) is 0 Å². The molecule has 1 saturated heterocycles. The van der Waals surface area contributed by atoms with Crippen LogP contribution in [0.4, 0.5) is 4.39 Å². The molecule has 1 aromatic carbocycles. The van der Waals surface area contributed by atoms with Crippen LogP contribution >= 0.6 is 0 Å². The third-order valence-corrected chi connectivity index (χ3v) is 4.35. The van der Waals surface area contributed by atoms with Crippen LogP contribution in [0.1, 0.15) is 5.56 Å². The summed E-state index contributed by atoms with van der Waals surface area (Å²) in [5.74, 6) is -0.393. The van der Waals surface area contributed by atoms with Crippen molar-refractivity contribution in [1.29, 1.82) is 0 Å². The van der Waals surface area contributed by atoms with Crippen LogP contribution < -0.4 is 0 Å². The molecule has 1 aromatic rings. The third-order valence-electron chi connectivity index (χ3n) is 2.74. The average Bonchev–Trinajstić information content (AvgIpc) is 2.83. The molecule has 0 aliphatic carbocycles. The van der Waals surface area contributed by atoms with Gasteiger partial charge in [-0.2, -0.15) is 8.42 Å².